The Morgan fingerprint density at radius 3 is 2.80 bits per heavy atom. The molecule has 0 spiro atoms. The molecule has 0 aromatic carbocycles. The predicted molar refractivity (Wildman–Crippen MR) is 79.5 cm³/mol. The fourth-order valence-corrected chi connectivity index (χ4v) is 2.54. The summed E-state index contributed by atoms with van der Waals surface area (Å²) in [5, 5.41) is 2.52. The minimum absolute atomic E-state index is 0.114. The fourth-order valence-electron chi connectivity index (χ4n) is 1.79. The van der Waals surface area contributed by atoms with Crippen LogP contribution in [0.15, 0.2) is 23.6 Å². The van der Waals surface area contributed by atoms with Crippen molar-refractivity contribution in [1.82, 2.24) is 14.9 Å². The zero-order valence-electron chi connectivity index (χ0n) is 11.8. The van der Waals surface area contributed by atoms with Crippen molar-refractivity contribution >= 4 is 17.2 Å². The van der Waals surface area contributed by atoms with Crippen LogP contribution >= 0.6 is 11.3 Å². The summed E-state index contributed by atoms with van der Waals surface area (Å²) in [4.78, 5) is 22.5. The number of nitrogens with two attached hydrogens (primary N) is 1. The number of pyridine rings is 1. The van der Waals surface area contributed by atoms with E-state index in [9.17, 15) is 4.79 Å². The first-order valence-corrected chi connectivity index (χ1v) is 7.24. The molecule has 106 valence electrons. The second-order valence-electron chi connectivity index (χ2n) is 4.79. The number of nitrogens with zero attached hydrogens (tertiary/aromatic N) is 3. The molecule has 0 saturated heterocycles. The van der Waals surface area contributed by atoms with Gasteiger partial charge in [-0.15, -0.1) is 11.3 Å². The summed E-state index contributed by atoms with van der Waals surface area (Å²) in [5.41, 5.74) is 8.00. The Morgan fingerprint density at radius 2 is 2.20 bits per heavy atom. The van der Waals surface area contributed by atoms with Gasteiger partial charge in [0, 0.05) is 18.1 Å². The number of carbonyl (C=O) groups is 1. The minimum atomic E-state index is -0.148. The van der Waals surface area contributed by atoms with Crippen molar-refractivity contribution in [2.45, 2.75) is 26.4 Å². The summed E-state index contributed by atoms with van der Waals surface area (Å²) >= 11 is 1.41. The highest BCUT2D eigenvalue weighted by molar-refractivity contribution is 7.09. The molecule has 0 aliphatic heterocycles. The van der Waals surface area contributed by atoms with Gasteiger partial charge in [-0.25, -0.2) is 4.98 Å². The van der Waals surface area contributed by atoms with E-state index in [4.69, 9.17) is 5.73 Å². The lowest BCUT2D eigenvalue weighted by Crippen LogP contribution is -2.27. The fraction of sp³-hybridized carbons (Fsp3) is 0.357. The molecule has 0 bridgehead atoms. The molecular weight excluding hydrogens is 272 g/mol. The van der Waals surface area contributed by atoms with Crippen LogP contribution in [-0.4, -0.2) is 27.8 Å². The molecule has 2 aromatic rings. The average Bonchev–Trinajstić information content (AvgIpc) is 2.87. The number of aromatic nitrogens is 2. The SMILES string of the molecule is Cc1cccc(CN(C)C(=O)c2csc(C(C)N)n2)n1. The highest BCUT2D eigenvalue weighted by Crippen LogP contribution is 2.17. The van der Waals surface area contributed by atoms with Gasteiger partial charge in [0.15, 0.2) is 0 Å². The molecule has 2 N–H and O–H groups in total. The summed E-state index contributed by atoms with van der Waals surface area (Å²) in [6, 6.07) is 5.63. The van der Waals surface area contributed by atoms with Crippen LogP contribution in [0.4, 0.5) is 0 Å². The molecule has 6 heteroatoms. The smallest absolute Gasteiger partial charge is 0.273 e. The van der Waals surface area contributed by atoms with Crippen molar-refractivity contribution in [1.29, 1.82) is 0 Å². The molecule has 2 aromatic heterocycles. The highest BCUT2D eigenvalue weighted by Gasteiger charge is 2.17. The monoisotopic (exact) mass is 290 g/mol. The molecule has 0 fully saturated rings. The van der Waals surface area contributed by atoms with Gasteiger partial charge in [0.2, 0.25) is 0 Å². The van der Waals surface area contributed by atoms with Crippen LogP contribution in [0.3, 0.4) is 0 Å². The van der Waals surface area contributed by atoms with E-state index in [-0.39, 0.29) is 11.9 Å². The number of aryl methyl sites for hydroxylation is 1. The van der Waals surface area contributed by atoms with Crippen molar-refractivity contribution in [3.63, 3.8) is 0 Å². The van der Waals surface area contributed by atoms with E-state index in [0.717, 1.165) is 16.4 Å². The van der Waals surface area contributed by atoms with Gasteiger partial charge in [-0.3, -0.25) is 9.78 Å². The van der Waals surface area contributed by atoms with Crippen LogP contribution in [0.2, 0.25) is 0 Å². The zero-order valence-corrected chi connectivity index (χ0v) is 12.6. The third-order valence-electron chi connectivity index (χ3n) is 2.82. The number of amides is 1. The lowest BCUT2D eigenvalue weighted by Gasteiger charge is -2.15. The van der Waals surface area contributed by atoms with Crippen molar-refractivity contribution in [2.75, 3.05) is 7.05 Å². The molecule has 20 heavy (non-hydrogen) atoms. The average molecular weight is 290 g/mol. The van der Waals surface area contributed by atoms with Gasteiger partial charge in [0.05, 0.1) is 18.3 Å². The Balaban J connectivity index is 2.08. The first-order chi connectivity index (χ1) is 9.47. The highest BCUT2D eigenvalue weighted by atomic mass is 32.1. The summed E-state index contributed by atoms with van der Waals surface area (Å²) in [6.45, 7) is 4.25. The standard InChI is InChI=1S/C14H18N4OS/c1-9-5-4-6-11(16-9)7-18(3)14(19)12-8-20-13(17-12)10(2)15/h4-6,8,10H,7,15H2,1-3H3. The van der Waals surface area contributed by atoms with Crippen LogP contribution in [0.1, 0.15) is 39.8 Å². The summed E-state index contributed by atoms with van der Waals surface area (Å²) in [7, 11) is 1.75. The lowest BCUT2D eigenvalue weighted by molar-refractivity contribution is 0.0778. The maximum absolute atomic E-state index is 12.3. The normalized spacial score (nSPS) is 12.2. The molecular formula is C14H18N4OS. The Morgan fingerprint density at radius 1 is 1.45 bits per heavy atom. The molecule has 0 aliphatic carbocycles. The van der Waals surface area contributed by atoms with Gasteiger partial charge < -0.3 is 10.6 Å². The quantitative estimate of drug-likeness (QED) is 0.936. The molecule has 5 nitrogen and oxygen atoms in total. The zero-order chi connectivity index (χ0) is 14.7. The lowest BCUT2D eigenvalue weighted by atomic mass is 10.3. The largest absolute Gasteiger partial charge is 0.334 e. The predicted octanol–water partition coefficient (Wildman–Crippen LogP) is 2.14. The summed E-state index contributed by atoms with van der Waals surface area (Å²) < 4.78 is 0. The Hall–Kier alpha value is -1.79. The summed E-state index contributed by atoms with van der Waals surface area (Å²) in [5.74, 6) is -0.114. The first-order valence-electron chi connectivity index (χ1n) is 6.36. The van der Waals surface area contributed by atoms with Crippen molar-refractivity contribution < 1.29 is 4.79 Å². The molecule has 2 heterocycles. The molecule has 0 saturated carbocycles. The molecule has 2 rings (SSSR count). The van der Waals surface area contributed by atoms with Crippen LogP contribution < -0.4 is 5.73 Å². The maximum Gasteiger partial charge on any atom is 0.273 e. The summed E-state index contributed by atoms with van der Waals surface area (Å²) in [6.07, 6.45) is 0. The van der Waals surface area contributed by atoms with Gasteiger partial charge in [0.25, 0.3) is 5.91 Å². The van der Waals surface area contributed by atoms with Gasteiger partial charge in [0.1, 0.15) is 10.7 Å². The molecule has 0 aliphatic rings. The van der Waals surface area contributed by atoms with Crippen molar-refractivity contribution in [2.24, 2.45) is 5.73 Å². The second-order valence-corrected chi connectivity index (χ2v) is 5.68. The first kappa shape index (κ1) is 14.6. The maximum atomic E-state index is 12.3. The van der Waals surface area contributed by atoms with Gasteiger partial charge in [-0.1, -0.05) is 6.07 Å². The van der Waals surface area contributed by atoms with Crippen LogP contribution in [-0.2, 0) is 6.54 Å². The Labute approximate surface area is 122 Å². The van der Waals surface area contributed by atoms with Crippen LogP contribution in [0.5, 0.6) is 0 Å². The van der Waals surface area contributed by atoms with Crippen LogP contribution in [0.25, 0.3) is 0 Å². The number of hydrogen-bond acceptors (Lipinski definition) is 5. The second kappa shape index (κ2) is 6.11. The van der Waals surface area contributed by atoms with Crippen molar-refractivity contribution in [3.05, 3.63) is 45.7 Å². The number of hydrogen-bond donors (Lipinski definition) is 1. The topological polar surface area (TPSA) is 72.1 Å². The number of rotatable bonds is 4. The molecule has 1 amide bonds. The molecule has 1 atom stereocenters. The molecule has 0 radical (unpaired) electrons. The molecule has 1 unspecified atom stereocenters. The van der Waals surface area contributed by atoms with Crippen LogP contribution in [0, 0.1) is 6.92 Å². The third-order valence-corrected chi connectivity index (χ3v) is 3.87. The van der Waals surface area contributed by atoms with Gasteiger partial charge >= 0.3 is 0 Å². The van der Waals surface area contributed by atoms with E-state index in [1.165, 1.54) is 11.3 Å². The van der Waals surface area contributed by atoms with Crippen molar-refractivity contribution in [3.8, 4) is 0 Å². The number of thiazole rings is 1. The Kier molecular flexibility index (Phi) is 4.46. The van der Waals surface area contributed by atoms with Gasteiger partial charge in [-0.2, -0.15) is 0 Å². The third kappa shape index (κ3) is 3.40. The van der Waals surface area contributed by atoms with E-state index < -0.39 is 0 Å². The van der Waals surface area contributed by atoms with E-state index in [1.54, 1.807) is 17.3 Å². The van der Waals surface area contributed by atoms with E-state index in [1.807, 2.05) is 32.0 Å². The number of carbonyl (C=O) groups excluding carboxylic acids is 1. The van der Waals surface area contributed by atoms with E-state index in [0.29, 0.717) is 12.2 Å². The van der Waals surface area contributed by atoms with E-state index in [2.05, 4.69) is 9.97 Å². The Bertz CT molecular complexity index is 609. The minimum Gasteiger partial charge on any atom is -0.334 e. The van der Waals surface area contributed by atoms with E-state index >= 15 is 0 Å². The van der Waals surface area contributed by atoms with Gasteiger partial charge in [-0.05, 0) is 26.0 Å².